The highest BCUT2D eigenvalue weighted by atomic mass is 16.5. The van der Waals surface area contributed by atoms with Crippen molar-refractivity contribution in [2.75, 3.05) is 28.4 Å². The fourth-order valence-corrected chi connectivity index (χ4v) is 3.10. The van der Waals surface area contributed by atoms with Crippen LogP contribution in [-0.2, 0) is 6.54 Å². The van der Waals surface area contributed by atoms with Gasteiger partial charge < -0.3 is 24.4 Å². The smallest absolute Gasteiger partial charge is 0.317 e. The van der Waals surface area contributed by atoms with Gasteiger partial charge in [-0.05, 0) is 30.5 Å². The lowest BCUT2D eigenvalue weighted by Gasteiger charge is -2.26. The third kappa shape index (κ3) is 4.46. The van der Waals surface area contributed by atoms with Crippen molar-refractivity contribution < 1.29 is 19.0 Å². The van der Waals surface area contributed by atoms with Crippen LogP contribution in [0.25, 0.3) is 0 Å². The predicted molar refractivity (Wildman–Crippen MR) is 93.0 cm³/mol. The molecule has 24 heavy (non-hydrogen) atoms. The molecule has 6 heteroatoms. The molecule has 0 saturated heterocycles. The SMILES string of the molecule is COc1cc(CN(C)C(=O)NC2CCCCC2)cc(OC)c1OC. The zero-order valence-corrected chi connectivity index (χ0v) is 15.1. The highest BCUT2D eigenvalue weighted by Gasteiger charge is 2.19. The molecule has 0 spiro atoms. The Morgan fingerprint density at radius 3 is 2.17 bits per heavy atom. The number of hydrogen-bond acceptors (Lipinski definition) is 4. The second-order valence-electron chi connectivity index (χ2n) is 6.17. The highest BCUT2D eigenvalue weighted by Crippen LogP contribution is 2.38. The molecule has 134 valence electrons. The summed E-state index contributed by atoms with van der Waals surface area (Å²) in [6, 6.07) is 3.99. The molecule has 2 amide bonds. The number of methoxy groups -OCH3 is 3. The van der Waals surface area contributed by atoms with Gasteiger partial charge in [0, 0.05) is 19.6 Å². The van der Waals surface area contributed by atoms with Crippen molar-refractivity contribution in [1.82, 2.24) is 10.2 Å². The Kier molecular flexibility index (Phi) is 6.58. The Hall–Kier alpha value is -2.11. The highest BCUT2D eigenvalue weighted by molar-refractivity contribution is 5.74. The molecule has 2 rings (SSSR count). The molecule has 1 fully saturated rings. The van der Waals surface area contributed by atoms with E-state index in [2.05, 4.69) is 5.32 Å². The van der Waals surface area contributed by atoms with E-state index in [4.69, 9.17) is 14.2 Å². The number of ether oxygens (including phenoxy) is 3. The van der Waals surface area contributed by atoms with Gasteiger partial charge in [0.15, 0.2) is 11.5 Å². The summed E-state index contributed by atoms with van der Waals surface area (Å²) in [5.41, 5.74) is 0.922. The maximum Gasteiger partial charge on any atom is 0.317 e. The molecule has 0 atom stereocenters. The summed E-state index contributed by atoms with van der Waals surface area (Å²) in [6.07, 6.45) is 5.81. The largest absolute Gasteiger partial charge is 0.493 e. The number of carbonyl (C=O) groups excluding carboxylic acids is 1. The van der Waals surface area contributed by atoms with Gasteiger partial charge in [-0.15, -0.1) is 0 Å². The summed E-state index contributed by atoms with van der Waals surface area (Å²) in [5, 5.41) is 3.12. The maximum absolute atomic E-state index is 12.4. The average molecular weight is 336 g/mol. The van der Waals surface area contributed by atoms with Crippen LogP contribution < -0.4 is 19.5 Å². The first-order valence-electron chi connectivity index (χ1n) is 8.39. The summed E-state index contributed by atoms with van der Waals surface area (Å²) in [7, 11) is 6.53. The Balaban J connectivity index is 2.04. The molecule has 1 saturated carbocycles. The monoisotopic (exact) mass is 336 g/mol. The zero-order valence-electron chi connectivity index (χ0n) is 15.1. The number of rotatable bonds is 6. The summed E-state index contributed by atoms with van der Waals surface area (Å²) in [6.45, 7) is 0.468. The summed E-state index contributed by atoms with van der Waals surface area (Å²) in [5.74, 6) is 1.74. The van der Waals surface area contributed by atoms with Gasteiger partial charge in [-0.2, -0.15) is 0 Å². The van der Waals surface area contributed by atoms with Crippen LogP contribution >= 0.6 is 0 Å². The van der Waals surface area contributed by atoms with Crippen LogP contribution in [0.5, 0.6) is 17.2 Å². The fraction of sp³-hybridized carbons (Fsp3) is 0.611. The van der Waals surface area contributed by atoms with Crippen LogP contribution in [0, 0.1) is 0 Å². The fourth-order valence-electron chi connectivity index (χ4n) is 3.10. The predicted octanol–water partition coefficient (Wildman–Crippen LogP) is 3.19. The molecule has 6 nitrogen and oxygen atoms in total. The van der Waals surface area contributed by atoms with Crippen LogP contribution in [0.4, 0.5) is 4.79 Å². The summed E-state index contributed by atoms with van der Waals surface area (Å²) in [4.78, 5) is 14.1. The van der Waals surface area contributed by atoms with Crippen molar-refractivity contribution in [3.05, 3.63) is 17.7 Å². The van der Waals surface area contributed by atoms with Gasteiger partial charge >= 0.3 is 6.03 Å². The van der Waals surface area contributed by atoms with Gasteiger partial charge in [-0.25, -0.2) is 4.79 Å². The average Bonchev–Trinajstić information content (AvgIpc) is 2.61. The van der Waals surface area contributed by atoms with Crippen LogP contribution in [-0.4, -0.2) is 45.3 Å². The van der Waals surface area contributed by atoms with E-state index in [9.17, 15) is 4.79 Å². The van der Waals surface area contributed by atoms with E-state index in [0.717, 1.165) is 18.4 Å². The number of amides is 2. The molecule has 1 aliphatic rings. The van der Waals surface area contributed by atoms with E-state index in [1.54, 1.807) is 33.3 Å². The molecule has 0 unspecified atom stereocenters. The minimum atomic E-state index is -0.0457. The van der Waals surface area contributed by atoms with Crippen molar-refractivity contribution in [3.63, 3.8) is 0 Å². The Morgan fingerprint density at radius 2 is 1.67 bits per heavy atom. The van der Waals surface area contributed by atoms with E-state index in [1.807, 2.05) is 12.1 Å². The minimum absolute atomic E-state index is 0.0457. The second kappa shape index (κ2) is 8.66. The normalized spacial score (nSPS) is 14.8. The third-order valence-corrected chi connectivity index (χ3v) is 4.42. The lowest BCUT2D eigenvalue weighted by Crippen LogP contribution is -2.43. The molecule has 1 aliphatic carbocycles. The third-order valence-electron chi connectivity index (χ3n) is 4.42. The Morgan fingerprint density at radius 1 is 1.08 bits per heavy atom. The van der Waals surface area contributed by atoms with Gasteiger partial charge in [0.2, 0.25) is 5.75 Å². The van der Waals surface area contributed by atoms with Gasteiger partial charge in [0.1, 0.15) is 0 Å². The minimum Gasteiger partial charge on any atom is -0.493 e. The van der Waals surface area contributed by atoms with Gasteiger partial charge in [-0.3, -0.25) is 0 Å². The number of nitrogens with one attached hydrogen (secondary N) is 1. The topological polar surface area (TPSA) is 60.0 Å². The van der Waals surface area contributed by atoms with Crippen LogP contribution in [0.15, 0.2) is 12.1 Å². The van der Waals surface area contributed by atoms with Crippen molar-refractivity contribution >= 4 is 6.03 Å². The Bertz CT molecular complexity index is 531. The van der Waals surface area contributed by atoms with E-state index >= 15 is 0 Å². The van der Waals surface area contributed by atoms with Crippen molar-refractivity contribution in [2.45, 2.75) is 44.7 Å². The van der Waals surface area contributed by atoms with Gasteiger partial charge in [0.05, 0.1) is 21.3 Å². The van der Waals surface area contributed by atoms with E-state index in [-0.39, 0.29) is 6.03 Å². The first kappa shape index (κ1) is 18.2. The van der Waals surface area contributed by atoms with Crippen molar-refractivity contribution in [2.24, 2.45) is 0 Å². The number of nitrogens with zero attached hydrogens (tertiary/aromatic N) is 1. The number of hydrogen-bond donors (Lipinski definition) is 1. The van der Waals surface area contributed by atoms with Crippen LogP contribution in [0.1, 0.15) is 37.7 Å². The summed E-state index contributed by atoms with van der Waals surface area (Å²) < 4.78 is 16.0. The number of urea groups is 1. The molecule has 1 aromatic rings. The molecule has 0 aromatic heterocycles. The first-order valence-corrected chi connectivity index (χ1v) is 8.39. The maximum atomic E-state index is 12.4. The zero-order chi connectivity index (χ0) is 17.5. The molecule has 0 bridgehead atoms. The second-order valence-corrected chi connectivity index (χ2v) is 6.17. The first-order chi connectivity index (χ1) is 11.6. The lowest BCUT2D eigenvalue weighted by atomic mass is 9.96. The van der Waals surface area contributed by atoms with E-state index in [0.29, 0.717) is 29.8 Å². The van der Waals surface area contributed by atoms with Crippen molar-refractivity contribution in [1.29, 1.82) is 0 Å². The molecular formula is C18H28N2O4. The molecule has 1 aromatic carbocycles. The molecular weight excluding hydrogens is 308 g/mol. The van der Waals surface area contributed by atoms with E-state index in [1.165, 1.54) is 19.3 Å². The Labute approximate surface area is 144 Å². The molecule has 0 heterocycles. The molecule has 1 N–H and O–H groups in total. The van der Waals surface area contributed by atoms with Gasteiger partial charge in [-0.1, -0.05) is 19.3 Å². The standard InChI is InChI=1S/C18H28N2O4/c1-20(18(21)19-14-8-6-5-7-9-14)12-13-10-15(22-2)17(24-4)16(11-13)23-3/h10-11,14H,5-9,12H2,1-4H3,(H,19,21). The van der Waals surface area contributed by atoms with Crippen LogP contribution in [0.3, 0.4) is 0 Å². The van der Waals surface area contributed by atoms with Crippen molar-refractivity contribution in [3.8, 4) is 17.2 Å². The van der Waals surface area contributed by atoms with Crippen LogP contribution in [0.2, 0.25) is 0 Å². The summed E-state index contributed by atoms with van der Waals surface area (Å²) >= 11 is 0. The molecule has 0 aliphatic heterocycles. The number of carbonyl (C=O) groups is 1. The quantitative estimate of drug-likeness (QED) is 0.867. The molecule has 0 radical (unpaired) electrons. The number of benzene rings is 1. The lowest BCUT2D eigenvalue weighted by molar-refractivity contribution is 0.198. The van der Waals surface area contributed by atoms with Gasteiger partial charge in [0.25, 0.3) is 0 Å². The van der Waals surface area contributed by atoms with E-state index < -0.39 is 0 Å².